The second-order valence-corrected chi connectivity index (χ2v) is 9.50. The molecule has 0 aromatic heterocycles. The number of benzene rings is 2. The lowest BCUT2D eigenvalue weighted by molar-refractivity contribution is -0.274. The van der Waals surface area contributed by atoms with Crippen molar-refractivity contribution in [2.24, 2.45) is 16.0 Å². The van der Waals surface area contributed by atoms with Gasteiger partial charge in [0.2, 0.25) is 10.0 Å². The largest absolute Gasteiger partial charge is 0.573 e. The highest BCUT2D eigenvalue weighted by Gasteiger charge is 2.32. The molecule has 0 bridgehead atoms. The third kappa shape index (κ3) is 6.42. The molecule has 0 spiro atoms. The van der Waals surface area contributed by atoms with Crippen molar-refractivity contribution in [2.45, 2.75) is 44.4 Å². The summed E-state index contributed by atoms with van der Waals surface area (Å²) in [5, 5.41) is 10.6. The molecule has 0 fully saturated rings. The van der Waals surface area contributed by atoms with Crippen molar-refractivity contribution in [3.05, 3.63) is 42.0 Å². The van der Waals surface area contributed by atoms with Gasteiger partial charge in [0.05, 0.1) is 16.3 Å². The highest BCUT2D eigenvalue weighted by Crippen LogP contribution is 2.35. The van der Waals surface area contributed by atoms with E-state index in [0.717, 1.165) is 54.4 Å². The zero-order chi connectivity index (χ0) is 24.4. The Labute approximate surface area is 195 Å². The Morgan fingerprint density at radius 3 is 2.58 bits per heavy atom. The molecule has 1 aliphatic rings. The molecular weight excluding hydrogens is 477 g/mol. The minimum Gasteiger partial charge on any atom is -0.404 e. The van der Waals surface area contributed by atoms with Gasteiger partial charge in [0.25, 0.3) is 0 Å². The Hall–Kier alpha value is -2.70. The number of anilines is 2. The number of alkyl halides is 3. The van der Waals surface area contributed by atoms with Crippen LogP contribution in [0.25, 0.3) is 0 Å². The van der Waals surface area contributed by atoms with Crippen LogP contribution < -0.4 is 20.5 Å². The first-order chi connectivity index (χ1) is 15.4. The summed E-state index contributed by atoms with van der Waals surface area (Å²) in [6.07, 6.45) is -2.38. The molecule has 0 saturated heterocycles. The minimum absolute atomic E-state index is 0.0565. The van der Waals surface area contributed by atoms with Gasteiger partial charge in [-0.1, -0.05) is 13.0 Å². The van der Waals surface area contributed by atoms with Gasteiger partial charge in [-0.25, -0.2) is 13.6 Å². The monoisotopic (exact) mass is 500 g/mol. The van der Waals surface area contributed by atoms with Gasteiger partial charge in [0.1, 0.15) is 0 Å². The highest BCUT2D eigenvalue weighted by molar-refractivity contribution is 7.89. The lowest BCUT2D eigenvalue weighted by Crippen LogP contribution is -2.23. The molecule has 0 amide bonds. The molecule has 1 unspecified atom stereocenters. The van der Waals surface area contributed by atoms with Gasteiger partial charge in [-0.15, -0.1) is 13.2 Å². The van der Waals surface area contributed by atoms with Gasteiger partial charge in [0, 0.05) is 17.0 Å². The fourth-order valence-electron chi connectivity index (χ4n) is 3.64. The van der Waals surface area contributed by atoms with Crippen LogP contribution in [-0.4, -0.2) is 25.6 Å². The maximum atomic E-state index is 12.8. The standard InChI is InChI=1S/C21H23F3N4O3S2/c1-3-13-7-9-15-16(26-12(13)2)5-4-6-17(15)27-20(32)28-18-11-14(33(25,29)30)8-10-19(18)31-21(22,23)24/h4-6,8,10-11,13H,3,7,9H2,1-2H3,(H2,25,29,30)(H2,27,28,32). The van der Waals surface area contributed by atoms with Gasteiger partial charge in [-0.3, -0.25) is 4.99 Å². The molecule has 12 heteroatoms. The zero-order valence-corrected chi connectivity index (χ0v) is 19.5. The van der Waals surface area contributed by atoms with Crippen LogP contribution >= 0.6 is 12.2 Å². The van der Waals surface area contributed by atoms with Gasteiger partial charge >= 0.3 is 6.36 Å². The van der Waals surface area contributed by atoms with E-state index in [1.807, 2.05) is 13.0 Å². The number of sulfonamides is 1. The average molecular weight is 501 g/mol. The number of nitrogens with zero attached hydrogens (tertiary/aromatic N) is 1. The molecule has 2 aromatic carbocycles. The van der Waals surface area contributed by atoms with Crippen LogP contribution in [0.5, 0.6) is 5.75 Å². The van der Waals surface area contributed by atoms with E-state index in [4.69, 9.17) is 22.3 Å². The van der Waals surface area contributed by atoms with Crippen molar-refractivity contribution in [3.63, 3.8) is 0 Å². The van der Waals surface area contributed by atoms with E-state index in [2.05, 4.69) is 22.3 Å². The smallest absolute Gasteiger partial charge is 0.404 e. The molecule has 1 heterocycles. The van der Waals surface area contributed by atoms with E-state index >= 15 is 0 Å². The number of hydrogen-bond acceptors (Lipinski definition) is 5. The molecule has 0 aliphatic carbocycles. The van der Waals surface area contributed by atoms with Crippen molar-refractivity contribution >= 4 is 50.1 Å². The summed E-state index contributed by atoms with van der Waals surface area (Å²) in [6.45, 7) is 4.10. The molecule has 0 saturated carbocycles. The van der Waals surface area contributed by atoms with Crippen LogP contribution in [0, 0.1) is 5.92 Å². The first-order valence-corrected chi connectivity index (χ1v) is 12.0. The molecule has 7 nitrogen and oxygen atoms in total. The number of thiocarbonyl (C=S) groups is 1. The number of hydrogen-bond donors (Lipinski definition) is 3. The Morgan fingerprint density at radius 1 is 1.24 bits per heavy atom. The molecule has 2 aromatic rings. The zero-order valence-electron chi connectivity index (χ0n) is 17.9. The van der Waals surface area contributed by atoms with Crippen LogP contribution in [0.4, 0.5) is 30.2 Å². The molecule has 1 aliphatic heterocycles. The summed E-state index contributed by atoms with van der Waals surface area (Å²) < 4.78 is 65.7. The van der Waals surface area contributed by atoms with Crippen LogP contribution in [0.2, 0.25) is 0 Å². The molecule has 33 heavy (non-hydrogen) atoms. The lowest BCUT2D eigenvalue weighted by Gasteiger charge is -2.18. The predicted octanol–water partition coefficient (Wildman–Crippen LogP) is 5.11. The third-order valence-corrected chi connectivity index (χ3v) is 6.39. The van der Waals surface area contributed by atoms with E-state index in [9.17, 15) is 21.6 Å². The molecule has 178 valence electrons. The highest BCUT2D eigenvalue weighted by atomic mass is 32.2. The summed E-state index contributed by atoms with van der Waals surface area (Å²) in [4.78, 5) is 4.33. The number of halogens is 3. The normalized spacial score (nSPS) is 16.3. The van der Waals surface area contributed by atoms with E-state index in [0.29, 0.717) is 11.6 Å². The Kier molecular flexibility index (Phi) is 7.29. The maximum Gasteiger partial charge on any atom is 0.573 e. The second kappa shape index (κ2) is 9.65. The number of fused-ring (bicyclic) bond motifs is 1. The van der Waals surface area contributed by atoms with Crippen molar-refractivity contribution in [3.8, 4) is 5.75 Å². The number of nitrogens with two attached hydrogens (primary N) is 1. The number of ether oxygens (including phenoxy) is 1. The van der Waals surface area contributed by atoms with Gasteiger partial charge in [-0.2, -0.15) is 0 Å². The van der Waals surface area contributed by atoms with Crippen molar-refractivity contribution in [1.29, 1.82) is 0 Å². The van der Waals surface area contributed by atoms with E-state index in [1.165, 1.54) is 0 Å². The fourth-order valence-corrected chi connectivity index (χ4v) is 4.40. The van der Waals surface area contributed by atoms with Crippen molar-refractivity contribution in [2.75, 3.05) is 10.6 Å². The number of nitrogens with one attached hydrogen (secondary N) is 2. The molecule has 1 atom stereocenters. The van der Waals surface area contributed by atoms with E-state index < -0.39 is 27.0 Å². The summed E-state index contributed by atoms with van der Waals surface area (Å²) >= 11 is 5.29. The molecule has 3 rings (SSSR count). The summed E-state index contributed by atoms with van der Waals surface area (Å²) in [6, 6.07) is 8.18. The molecular formula is C21H23F3N4O3S2. The Morgan fingerprint density at radius 2 is 1.94 bits per heavy atom. The summed E-state index contributed by atoms with van der Waals surface area (Å²) in [5.74, 6) is -0.296. The quantitative estimate of drug-likeness (QED) is 0.493. The van der Waals surface area contributed by atoms with E-state index in [-0.39, 0.29) is 10.8 Å². The van der Waals surface area contributed by atoms with Crippen LogP contribution in [0.3, 0.4) is 0 Å². The molecule has 4 N–H and O–H groups in total. The van der Waals surface area contributed by atoms with Crippen LogP contribution in [-0.2, 0) is 16.4 Å². The average Bonchev–Trinajstić information content (AvgIpc) is 2.85. The molecule has 0 radical (unpaired) electrons. The SMILES string of the molecule is CCC1CCc2c(cccc2NC(=S)Nc2cc(S(N)(=O)=O)ccc2OC(F)(F)F)N=C1C. The lowest BCUT2D eigenvalue weighted by atomic mass is 9.94. The summed E-state index contributed by atoms with van der Waals surface area (Å²) in [5.41, 5.74) is 3.12. The van der Waals surface area contributed by atoms with Crippen LogP contribution in [0.15, 0.2) is 46.3 Å². The Balaban J connectivity index is 1.88. The number of rotatable bonds is 5. The van der Waals surface area contributed by atoms with Gasteiger partial charge in [-0.05, 0) is 74.7 Å². The van der Waals surface area contributed by atoms with Crippen LogP contribution in [0.1, 0.15) is 32.3 Å². The maximum absolute atomic E-state index is 12.8. The number of aliphatic imine (C=N–C) groups is 1. The first kappa shape index (κ1) is 24.9. The predicted molar refractivity (Wildman–Crippen MR) is 126 cm³/mol. The third-order valence-electron chi connectivity index (χ3n) is 5.28. The number of primary sulfonamides is 1. The topological polar surface area (TPSA) is 106 Å². The second-order valence-electron chi connectivity index (χ2n) is 7.53. The van der Waals surface area contributed by atoms with Gasteiger partial charge in [0.15, 0.2) is 10.9 Å². The Bertz CT molecular complexity index is 1200. The minimum atomic E-state index is -4.99. The summed E-state index contributed by atoms with van der Waals surface area (Å²) in [7, 11) is -4.16. The first-order valence-electron chi connectivity index (χ1n) is 10.0. The van der Waals surface area contributed by atoms with Crippen molar-refractivity contribution in [1.82, 2.24) is 0 Å². The van der Waals surface area contributed by atoms with Crippen molar-refractivity contribution < 1.29 is 26.3 Å². The fraction of sp³-hybridized carbons (Fsp3) is 0.333. The van der Waals surface area contributed by atoms with E-state index in [1.54, 1.807) is 12.1 Å². The van der Waals surface area contributed by atoms with Gasteiger partial charge < -0.3 is 15.4 Å².